The Kier molecular flexibility index (Phi) is 9.84. The fourth-order valence-electron chi connectivity index (χ4n) is 6.20. The predicted octanol–water partition coefficient (Wildman–Crippen LogP) is 12.3. The molecule has 3 heterocycles. The van der Waals surface area contributed by atoms with E-state index in [-0.39, 0.29) is 10.8 Å². The fraction of sp³-hybridized carbons (Fsp3) is 0.647. The summed E-state index contributed by atoms with van der Waals surface area (Å²) in [6, 6.07) is 10.2. The highest BCUT2D eigenvalue weighted by atomic mass is 32.1. The third-order valence-electron chi connectivity index (χ3n) is 8.34. The largest absolute Gasteiger partial charge is 0.144 e. The number of hydrogen-bond acceptors (Lipinski definition) is 3. The molecule has 4 rings (SSSR count). The lowest BCUT2D eigenvalue weighted by atomic mass is 9.69. The molecule has 0 saturated carbocycles. The molecule has 0 fully saturated rings. The van der Waals surface area contributed by atoms with E-state index < -0.39 is 0 Å². The van der Waals surface area contributed by atoms with Crippen molar-refractivity contribution < 1.29 is 0 Å². The number of hydrogen-bond donors (Lipinski definition) is 0. The number of fused-ring (bicyclic) bond motifs is 3. The van der Waals surface area contributed by atoms with Crippen molar-refractivity contribution in [2.75, 3.05) is 0 Å². The van der Waals surface area contributed by atoms with Crippen LogP contribution in [-0.2, 0) is 17.3 Å². The molecule has 3 aromatic heterocycles. The maximum atomic E-state index is 2.64. The Labute approximate surface area is 239 Å². The molecular weight excluding hydrogens is 505 g/mol. The molecule has 0 aromatic carbocycles. The van der Waals surface area contributed by atoms with Crippen LogP contribution in [0.1, 0.15) is 143 Å². The highest BCUT2D eigenvalue weighted by molar-refractivity contribution is 7.23. The minimum Gasteiger partial charge on any atom is -0.144 e. The van der Waals surface area contributed by atoms with Crippen LogP contribution < -0.4 is 0 Å². The molecule has 204 valence electrons. The van der Waals surface area contributed by atoms with Gasteiger partial charge in [-0.05, 0) is 72.9 Å². The van der Waals surface area contributed by atoms with E-state index in [0.29, 0.717) is 0 Å². The zero-order valence-corrected chi connectivity index (χ0v) is 27.0. The van der Waals surface area contributed by atoms with E-state index in [0.717, 1.165) is 5.92 Å². The van der Waals surface area contributed by atoms with Crippen LogP contribution in [0.15, 0.2) is 24.3 Å². The summed E-state index contributed by atoms with van der Waals surface area (Å²) in [5, 5.41) is 0. The standard InChI is InChI=1S/C34H50S3/c1-8-11-14-15-17-25(16-12-9-2)23-34(29-20-19-26(36-29)18-13-10-3)27-21-24(4)35-31(27)32-28(34)22-30(37-32)33(5,6)7/h19-22,25H,8-18,23H2,1-7H3. The van der Waals surface area contributed by atoms with Gasteiger partial charge in [-0.2, -0.15) is 0 Å². The maximum Gasteiger partial charge on any atom is 0.0577 e. The second-order valence-electron chi connectivity index (χ2n) is 12.5. The van der Waals surface area contributed by atoms with Gasteiger partial charge in [0.05, 0.1) is 5.41 Å². The zero-order chi connectivity index (χ0) is 26.6. The summed E-state index contributed by atoms with van der Waals surface area (Å²) in [4.78, 5) is 9.39. The van der Waals surface area contributed by atoms with Crippen molar-refractivity contribution in [1.82, 2.24) is 0 Å². The molecule has 1 aliphatic carbocycles. The lowest BCUT2D eigenvalue weighted by molar-refractivity contribution is 0.342. The van der Waals surface area contributed by atoms with Gasteiger partial charge in [-0.15, -0.1) is 34.0 Å². The van der Waals surface area contributed by atoms with Gasteiger partial charge in [0.2, 0.25) is 0 Å². The lowest BCUT2D eigenvalue weighted by Crippen LogP contribution is -2.29. The van der Waals surface area contributed by atoms with Crippen molar-refractivity contribution in [3.8, 4) is 9.75 Å². The summed E-state index contributed by atoms with van der Waals surface area (Å²) in [5.74, 6) is 0.787. The highest BCUT2D eigenvalue weighted by Crippen LogP contribution is 2.62. The van der Waals surface area contributed by atoms with Crippen molar-refractivity contribution in [1.29, 1.82) is 0 Å². The van der Waals surface area contributed by atoms with Crippen molar-refractivity contribution in [3.63, 3.8) is 0 Å². The third-order valence-corrected chi connectivity index (χ3v) is 12.4. The molecule has 0 nitrogen and oxygen atoms in total. The zero-order valence-electron chi connectivity index (χ0n) is 24.6. The van der Waals surface area contributed by atoms with Gasteiger partial charge in [-0.1, -0.05) is 99.3 Å². The third kappa shape index (κ3) is 6.15. The van der Waals surface area contributed by atoms with Crippen molar-refractivity contribution in [2.24, 2.45) is 5.92 Å². The highest BCUT2D eigenvalue weighted by Gasteiger charge is 2.49. The van der Waals surface area contributed by atoms with Crippen LogP contribution in [0.2, 0.25) is 0 Å². The Balaban J connectivity index is 1.84. The van der Waals surface area contributed by atoms with Crippen LogP contribution in [0.4, 0.5) is 0 Å². The SMILES string of the molecule is CCCCCCC(CCCC)CC1(c2ccc(CCCC)s2)c2cc(C)sc2-c2sc(C(C)(C)C)cc21. The molecule has 2 atom stereocenters. The van der Waals surface area contributed by atoms with Crippen LogP contribution in [0.3, 0.4) is 0 Å². The van der Waals surface area contributed by atoms with Gasteiger partial charge in [0.25, 0.3) is 0 Å². The van der Waals surface area contributed by atoms with Crippen molar-refractivity contribution >= 4 is 34.0 Å². The molecule has 0 saturated heterocycles. The van der Waals surface area contributed by atoms with Crippen LogP contribution in [0, 0.1) is 12.8 Å². The van der Waals surface area contributed by atoms with E-state index in [1.807, 2.05) is 11.3 Å². The average Bonchev–Trinajstić information content (AvgIpc) is 3.62. The maximum absolute atomic E-state index is 2.64. The second-order valence-corrected chi connectivity index (χ2v) is 16.0. The van der Waals surface area contributed by atoms with E-state index in [1.165, 1.54) is 81.9 Å². The van der Waals surface area contributed by atoms with E-state index in [2.05, 4.69) is 95.4 Å². The first-order valence-electron chi connectivity index (χ1n) is 15.1. The van der Waals surface area contributed by atoms with E-state index in [1.54, 1.807) is 35.5 Å². The molecule has 2 unspecified atom stereocenters. The molecule has 3 heteroatoms. The van der Waals surface area contributed by atoms with Gasteiger partial charge in [0.15, 0.2) is 0 Å². The summed E-state index contributed by atoms with van der Waals surface area (Å²) in [6.45, 7) is 16.5. The van der Waals surface area contributed by atoms with Gasteiger partial charge in [0.1, 0.15) is 0 Å². The first kappa shape index (κ1) is 29.1. The molecule has 0 amide bonds. The van der Waals surface area contributed by atoms with Gasteiger partial charge in [0, 0.05) is 29.3 Å². The van der Waals surface area contributed by atoms with Crippen molar-refractivity contribution in [2.45, 2.75) is 136 Å². The molecule has 0 N–H and O–H groups in total. The number of aryl methyl sites for hydroxylation is 2. The Morgan fingerprint density at radius 2 is 1.43 bits per heavy atom. The summed E-state index contributed by atoms with van der Waals surface area (Å²) >= 11 is 6.26. The van der Waals surface area contributed by atoms with Gasteiger partial charge >= 0.3 is 0 Å². The Hall–Kier alpha value is -0.900. The topological polar surface area (TPSA) is 0 Å². The summed E-state index contributed by atoms with van der Waals surface area (Å²) in [5.41, 5.74) is 3.50. The molecule has 0 aliphatic heterocycles. The van der Waals surface area contributed by atoms with Gasteiger partial charge in [-0.3, -0.25) is 0 Å². The van der Waals surface area contributed by atoms with E-state index in [9.17, 15) is 0 Å². The number of thiophene rings is 3. The molecule has 0 radical (unpaired) electrons. The Bertz CT molecular complexity index is 1130. The molecule has 1 aliphatic rings. The molecular formula is C34H50S3. The predicted molar refractivity (Wildman–Crippen MR) is 170 cm³/mol. The lowest BCUT2D eigenvalue weighted by Gasteiger charge is -2.34. The van der Waals surface area contributed by atoms with Crippen LogP contribution in [0.5, 0.6) is 0 Å². The quantitative estimate of drug-likeness (QED) is 0.174. The Morgan fingerprint density at radius 1 is 0.757 bits per heavy atom. The average molecular weight is 555 g/mol. The first-order chi connectivity index (χ1) is 17.7. The summed E-state index contributed by atoms with van der Waals surface area (Å²) in [7, 11) is 0. The van der Waals surface area contributed by atoms with Crippen molar-refractivity contribution in [3.05, 3.63) is 54.9 Å². The van der Waals surface area contributed by atoms with E-state index >= 15 is 0 Å². The molecule has 0 bridgehead atoms. The van der Waals surface area contributed by atoms with Gasteiger partial charge in [-0.25, -0.2) is 0 Å². The van der Waals surface area contributed by atoms with E-state index in [4.69, 9.17) is 0 Å². The minimum absolute atomic E-state index is 0.0354. The molecule has 3 aromatic rings. The Morgan fingerprint density at radius 3 is 2.14 bits per heavy atom. The molecule has 0 spiro atoms. The summed E-state index contributed by atoms with van der Waals surface area (Å²) in [6.07, 6.45) is 16.0. The normalized spacial score (nSPS) is 17.8. The minimum atomic E-state index is 0.0354. The van der Waals surface area contributed by atoms with Crippen LogP contribution in [0.25, 0.3) is 9.75 Å². The summed E-state index contributed by atoms with van der Waals surface area (Å²) < 4.78 is 0. The number of unbranched alkanes of at least 4 members (excludes halogenated alkanes) is 5. The smallest absolute Gasteiger partial charge is 0.0577 e. The van der Waals surface area contributed by atoms with Crippen LogP contribution in [-0.4, -0.2) is 0 Å². The monoisotopic (exact) mass is 554 g/mol. The fourth-order valence-corrected chi connectivity index (χ4v) is 10.0. The number of rotatable bonds is 14. The molecule has 37 heavy (non-hydrogen) atoms. The first-order valence-corrected chi connectivity index (χ1v) is 17.5. The second kappa shape index (κ2) is 12.5. The van der Waals surface area contributed by atoms with Gasteiger partial charge < -0.3 is 0 Å². The van der Waals surface area contributed by atoms with Crippen LogP contribution >= 0.6 is 34.0 Å².